The second-order valence-electron chi connectivity index (χ2n) is 27.5. The van der Waals surface area contributed by atoms with Gasteiger partial charge in [0.05, 0.1) is 25.9 Å². The number of ether oxygens (including phenoxy) is 4. The Morgan fingerprint density at radius 3 is 1.42 bits per heavy atom. The molecule has 118 heavy (non-hydrogen) atoms. The molecule has 2 heterocycles. The summed E-state index contributed by atoms with van der Waals surface area (Å²) in [5.74, 6) is -4.54. The smallest absolute Gasteiger partial charge is 0.446 e. The van der Waals surface area contributed by atoms with Gasteiger partial charge in [0.15, 0.2) is 5.78 Å². The second-order valence-corrected chi connectivity index (χ2v) is 28.8. The first kappa shape index (κ1) is 120. The minimum Gasteiger partial charge on any atom is -0.480 e. The molecule has 0 aliphatic carbocycles. The average Bonchev–Trinajstić information content (AvgIpc) is 1.65. The molecule has 5 rings (SSSR count). The number of ketones is 1. The number of aliphatic carboxylic acids is 1. The number of hydrogen-bond donors (Lipinski definition) is 10. The number of carbonyl (C=O) groups excluding carboxylic acids is 11. The molecule has 3 unspecified atom stereocenters. The highest BCUT2D eigenvalue weighted by molar-refractivity contribution is 6.31. The van der Waals surface area contributed by atoms with Gasteiger partial charge in [-0.25, -0.2) is 14.4 Å². The molecule has 30 nitrogen and oxygen atoms in total. The van der Waals surface area contributed by atoms with Crippen LogP contribution in [0, 0.1) is 24.3 Å². The third-order valence-electron chi connectivity index (χ3n) is 15.5. The summed E-state index contributed by atoms with van der Waals surface area (Å²) < 4.78 is 90.4. The standard InChI is InChI=1S/C26H40ClN3O7.C19H24ClN3O4.C12H22N2O6.C7H5ClN.C6H12O.C2H3F3O.C2HF3O.C2H6.3CH4.H3N/c1-16(36-7)8-9-18(24(34)28-20-12-10-19(27)11-13-20)14-22(32)21(15-31)29-23(33)17(2)30(6)25(35)37-26(3,4)5;1-3-11(2)17(24)22-14-10-27-16-9-8-15(23(16)19(14)26)18(25)21-13-6-4-12(20)5-7-13;1-7(9(16)13-8(6-15)10(17)18)14(5)11(19)20-12(2,3)4;1-9-7-4-2-6(8)3-5-7;1-6(2)4-3-5-7;2*3-2(4,5)1-6;1-2;;;;/h10-13,16-18,21,31H,8-9,14-15H2,1-7H3,(H,28,34)(H,29,33);4-7,11,14-16H,3,8-10H2,1-2H3,(H,21,25)(H,22,24);7-8,15H,6H2,1-5H3,(H,13,16)(H,17,18);1-5H;5-6H,3-4H2,1-2H3;6H,1H2;1H;1-2H3;3*1H4;1H3/q;;;+1;;;;;;;;/t16?,17-,18?,21-;11-,14+,15?,16+;7-,8-;;;;;;;;;/m010........./s1/i;;;;;;1D;;;;;. The van der Waals surface area contributed by atoms with Crippen molar-refractivity contribution in [1.82, 2.24) is 36.8 Å². The Kier molecular flexibility index (Phi) is 63.4. The van der Waals surface area contributed by atoms with Gasteiger partial charge in [0.2, 0.25) is 41.7 Å². The number of halogens is 9. The van der Waals surface area contributed by atoms with E-state index in [1.54, 1.807) is 121 Å². The maximum Gasteiger partial charge on any atom is 0.446 e. The van der Waals surface area contributed by atoms with Gasteiger partial charge in [-0.3, -0.25) is 48.2 Å². The van der Waals surface area contributed by atoms with Crippen LogP contribution >= 0.6 is 34.8 Å². The van der Waals surface area contributed by atoms with E-state index in [2.05, 4.69) is 45.3 Å². The lowest BCUT2D eigenvalue weighted by Gasteiger charge is -2.37. The first-order valence-electron chi connectivity index (χ1n) is 36.4. The molecule has 3 aromatic carbocycles. The third-order valence-corrected chi connectivity index (χ3v) is 16.2. The molecule has 2 saturated heterocycles. The number of benzene rings is 3. The van der Waals surface area contributed by atoms with E-state index in [0.717, 1.165) is 34.6 Å². The number of hydrogen-bond acceptors (Lipinski definition) is 20. The number of Topliss-reactive ketones (excluding diaryl/α,β-unsaturated/α-hetero) is 1. The SMILES string of the molecule is C.C.C.C#[N+]c1ccc(Cl)cc1.CC.CC(C)CCC=O.CC[C@@H](C)C(=O)N[C@H]1CO[C@H]2CCC(C(=O)Nc3ccc(Cl)cc3)N2C1=O.COC(C)CCC(CC(=O)[C@H](CO)NC(=O)[C@H](C)N(C)C(=O)OC(C)(C)C)C(=O)Nc1ccc(Cl)cc1.C[C@@H](C(=O)N[C@@H](CO)C(=O)O)N(C)C(=O)OC(C)(C)C.N.OCC(F)(F)F.[2H]C(=O)C(F)(F)F. The van der Waals surface area contributed by atoms with Crippen LogP contribution in [-0.4, -0.2) is 227 Å². The fraction of sp³-hybridized carbons (Fsp3) is 0.608. The molecule has 2 aliphatic heterocycles. The lowest BCUT2D eigenvalue weighted by molar-refractivity contribution is -0.166. The molecule has 0 aromatic heterocycles. The van der Waals surface area contributed by atoms with Crippen LogP contribution < -0.4 is 32.7 Å². The lowest BCUT2D eigenvalue weighted by atomic mass is 9.92. The third kappa shape index (κ3) is 53.6. The van der Waals surface area contributed by atoms with E-state index in [1.807, 2.05) is 34.6 Å². The van der Waals surface area contributed by atoms with Crippen LogP contribution in [0.25, 0.3) is 4.85 Å². The average molecular weight is 1760 g/mol. The Morgan fingerprint density at radius 2 is 1.08 bits per heavy atom. The number of amides is 8. The number of aldehydes is 2. The summed E-state index contributed by atoms with van der Waals surface area (Å²) in [5, 5.41) is 49.4. The van der Waals surface area contributed by atoms with Crippen LogP contribution in [0.15, 0.2) is 72.8 Å². The Balaban J connectivity index is -0.000000269. The van der Waals surface area contributed by atoms with Crippen molar-refractivity contribution in [2.24, 2.45) is 17.8 Å². The molecule has 8 amide bonds. The molecule has 2 fully saturated rings. The monoisotopic (exact) mass is 1760 g/mol. The number of alkyl halides is 6. The van der Waals surface area contributed by atoms with Crippen LogP contribution in [0.4, 0.5) is 53.0 Å². The summed E-state index contributed by atoms with van der Waals surface area (Å²) in [6.45, 7) is 28.9. The Bertz CT molecular complexity index is 3540. The van der Waals surface area contributed by atoms with Crippen molar-refractivity contribution in [3.63, 3.8) is 0 Å². The van der Waals surface area contributed by atoms with Crippen LogP contribution in [0.5, 0.6) is 0 Å². The van der Waals surface area contributed by atoms with E-state index < -0.39 is 134 Å². The van der Waals surface area contributed by atoms with E-state index >= 15 is 0 Å². The van der Waals surface area contributed by atoms with Gasteiger partial charge < -0.3 is 81.8 Å². The highest BCUT2D eigenvalue weighted by Gasteiger charge is 2.48. The van der Waals surface area contributed by atoms with Gasteiger partial charge in [0.25, 0.3) is 6.57 Å². The van der Waals surface area contributed by atoms with Crippen LogP contribution in [0.1, 0.15) is 179 Å². The number of aliphatic hydroxyl groups excluding tert-OH is 3. The molecular weight excluding hydrogens is 1630 g/mol. The number of likely N-dealkylation sites (N-methyl/N-ethyl adjacent to an activating group) is 2. The number of nitrogens with zero attached hydrogens (tertiary/aromatic N) is 4. The first-order chi connectivity index (χ1) is 53.2. The van der Waals surface area contributed by atoms with Crippen molar-refractivity contribution in [1.29, 1.82) is 0 Å². The molecular formula is C79H128Cl3F6N10O20+. The van der Waals surface area contributed by atoms with Gasteiger partial charge in [-0.05, 0) is 172 Å². The van der Waals surface area contributed by atoms with E-state index in [9.17, 15) is 84.2 Å². The predicted molar refractivity (Wildman–Crippen MR) is 444 cm³/mol. The minimum absolute atomic E-state index is 0. The van der Waals surface area contributed by atoms with Crippen LogP contribution in [-0.2, 0) is 66.9 Å². The number of fused-ring (bicyclic) bond motifs is 1. The number of aliphatic hydroxyl groups is 3. The fourth-order valence-corrected chi connectivity index (χ4v) is 9.00. The summed E-state index contributed by atoms with van der Waals surface area (Å²) in [5.41, 5.74) is 0.431. The molecule has 12 N–H and O–H groups in total. The summed E-state index contributed by atoms with van der Waals surface area (Å²) in [4.78, 5) is 149. The van der Waals surface area contributed by atoms with Crippen molar-refractivity contribution in [2.45, 2.75) is 250 Å². The zero-order valence-electron chi connectivity index (χ0n) is 69.1. The van der Waals surface area contributed by atoms with E-state index in [4.69, 9.17) is 81.8 Å². The molecule has 10 atom stereocenters. The van der Waals surface area contributed by atoms with E-state index in [1.165, 1.54) is 32.8 Å². The fourth-order valence-electron chi connectivity index (χ4n) is 8.62. The highest BCUT2D eigenvalue weighted by Crippen LogP contribution is 2.31. The number of carboxylic acid groups (broad SMARTS) is 1. The molecule has 676 valence electrons. The van der Waals surface area contributed by atoms with Crippen molar-refractivity contribution >= 4 is 124 Å². The largest absolute Gasteiger partial charge is 0.480 e. The molecule has 0 spiro atoms. The number of methoxy groups -OCH3 is 1. The maximum absolute atomic E-state index is 13.0. The van der Waals surface area contributed by atoms with Gasteiger partial charge in [-0.2, -0.15) is 26.3 Å². The predicted octanol–water partition coefficient (Wildman–Crippen LogP) is 14.3. The molecule has 0 bridgehead atoms. The molecule has 0 saturated carbocycles. The normalized spacial score (nSPS) is 15.4. The molecule has 0 radical (unpaired) electrons. The Hall–Kier alpha value is -8.80. The summed E-state index contributed by atoms with van der Waals surface area (Å²) >= 11 is 17.3. The minimum atomic E-state index is -4.97. The van der Waals surface area contributed by atoms with E-state index in [-0.39, 0.29) is 77.1 Å². The Labute approximate surface area is 706 Å². The van der Waals surface area contributed by atoms with Gasteiger partial charge >= 0.3 is 36.2 Å². The number of rotatable bonds is 26. The lowest BCUT2D eigenvalue weighted by Crippen LogP contribution is -2.61. The van der Waals surface area contributed by atoms with Crippen LogP contribution in [0.2, 0.25) is 15.1 Å². The zero-order chi connectivity index (χ0) is 89.6. The van der Waals surface area contributed by atoms with Crippen LogP contribution in [0.3, 0.4) is 0 Å². The highest BCUT2D eigenvalue weighted by atomic mass is 35.5. The molecule has 2 aliphatic rings. The molecule has 3 aromatic rings. The van der Waals surface area contributed by atoms with Gasteiger partial charge in [0, 0.05) is 84.5 Å². The first-order valence-corrected chi connectivity index (χ1v) is 37.1. The maximum atomic E-state index is 13.0. The van der Waals surface area contributed by atoms with Gasteiger partial charge in [-0.1, -0.05) is 98.6 Å². The van der Waals surface area contributed by atoms with Crippen molar-refractivity contribution in [3.05, 3.63) is 92.7 Å². The quantitative estimate of drug-likeness (QED) is 0.0264. The Morgan fingerprint density at radius 1 is 0.678 bits per heavy atom. The van der Waals surface area contributed by atoms with Gasteiger partial charge in [-0.15, -0.1) is 0 Å². The zero-order valence-corrected chi connectivity index (χ0v) is 70.4. The number of nitrogens with one attached hydrogen (secondary N) is 5. The summed E-state index contributed by atoms with van der Waals surface area (Å²) in [6, 6.07) is 14.4. The van der Waals surface area contributed by atoms with E-state index in [0.29, 0.717) is 64.5 Å². The topological polar surface area (TPSA) is 432 Å². The van der Waals surface area contributed by atoms with Crippen molar-refractivity contribution in [3.8, 4) is 6.57 Å². The number of carbonyl (C=O) groups is 12. The van der Waals surface area contributed by atoms with Crippen molar-refractivity contribution in [2.75, 3.05) is 58.3 Å². The second kappa shape index (κ2) is 62.4. The number of anilines is 2. The molecule has 39 heteroatoms. The summed E-state index contributed by atoms with van der Waals surface area (Å²) in [6.07, 6.45) is -8.64. The van der Waals surface area contributed by atoms with Crippen molar-refractivity contribution < 1.29 is 125 Å². The number of carboxylic acids is 1. The summed E-state index contributed by atoms with van der Waals surface area (Å²) in [7, 11) is 4.33. The van der Waals surface area contributed by atoms with Gasteiger partial charge in [0.1, 0.15) is 67.9 Å².